The molecule has 0 heterocycles. The Labute approximate surface area is 186 Å². The predicted octanol–water partition coefficient (Wildman–Crippen LogP) is 0.705. The first-order valence-electron chi connectivity index (χ1n) is 8.85. The molecule has 0 amide bonds. The van der Waals surface area contributed by atoms with E-state index >= 15 is 0 Å². The molecule has 0 aromatic rings. The topological polar surface area (TPSA) is 43.4 Å². The van der Waals surface area contributed by atoms with E-state index in [0.717, 1.165) is 38.8 Å². The maximum atomic E-state index is 10.6. The third kappa shape index (κ3) is 20.5. The van der Waals surface area contributed by atoms with E-state index in [9.17, 15) is 9.90 Å². The molecule has 0 N–H and O–H groups in total. The molecular weight excluding hydrogens is 313 g/mol. The van der Waals surface area contributed by atoms with Crippen LogP contribution in [-0.4, -0.2) is 30.5 Å². The summed E-state index contributed by atoms with van der Waals surface area (Å²) in [6.07, 6.45) is 18.3. The van der Waals surface area contributed by atoms with Gasteiger partial charge in [-0.1, -0.05) is 37.1 Å². The quantitative estimate of drug-likeness (QED) is 0.249. The summed E-state index contributed by atoms with van der Waals surface area (Å²) in [6, 6.07) is 0. The minimum absolute atomic E-state index is 0. The van der Waals surface area contributed by atoms with Gasteiger partial charge in [-0.05, 0) is 71.9 Å². The number of carboxylic acids is 1. The number of rotatable bonds is 15. The van der Waals surface area contributed by atoms with E-state index in [1.165, 1.54) is 25.7 Å². The van der Waals surface area contributed by atoms with E-state index in [-0.39, 0.29) is 57.8 Å². The van der Waals surface area contributed by atoms with Crippen LogP contribution in [0.25, 0.3) is 0 Å². The van der Waals surface area contributed by atoms with Crippen LogP contribution in [0.15, 0.2) is 24.3 Å². The Morgan fingerprint density at radius 2 is 1.30 bits per heavy atom. The molecule has 0 atom stereocenters. The van der Waals surface area contributed by atoms with Crippen LogP contribution < -0.4 is 56.5 Å². The summed E-state index contributed by atoms with van der Waals surface area (Å²) >= 11 is 0. The molecule has 0 rings (SSSR count). The molecule has 0 bridgehead atoms. The van der Waals surface area contributed by atoms with Crippen molar-refractivity contribution in [1.82, 2.24) is 4.90 Å². The minimum Gasteiger partial charge on any atom is -0.550 e. The van der Waals surface area contributed by atoms with Crippen molar-refractivity contribution in [3.05, 3.63) is 24.3 Å². The van der Waals surface area contributed by atoms with Crippen LogP contribution in [0.2, 0.25) is 0 Å². The summed E-state index contributed by atoms with van der Waals surface area (Å²) in [5.74, 6) is -0.939. The van der Waals surface area contributed by atoms with Crippen LogP contribution in [0, 0.1) is 0 Å². The van der Waals surface area contributed by atoms with Crippen LogP contribution >= 0.6 is 0 Å². The van der Waals surface area contributed by atoms with Gasteiger partial charge in [0.05, 0.1) is 0 Å². The van der Waals surface area contributed by atoms with E-state index < -0.39 is 5.97 Å². The van der Waals surface area contributed by atoms with E-state index in [4.69, 9.17) is 0 Å². The maximum Gasteiger partial charge on any atom is 1.00 e. The zero-order valence-corrected chi connectivity index (χ0v) is 18.7. The van der Waals surface area contributed by atoms with Crippen molar-refractivity contribution in [2.75, 3.05) is 19.6 Å². The molecular formula is C19H34KNO2. The van der Waals surface area contributed by atoms with Gasteiger partial charge in [-0.2, -0.15) is 0 Å². The number of hydrogen-bond donors (Lipinski definition) is 0. The predicted molar refractivity (Wildman–Crippen MR) is 92.6 cm³/mol. The second-order valence-electron chi connectivity index (χ2n) is 5.80. The number of nitrogens with zero attached hydrogens (tertiary/aromatic N) is 1. The molecule has 0 saturated carbocycles. The molecule has 0 aliphatic rings. The summed E-state index contributed by atoms with van der Waals surface area (Å²) < 4.78 is 0. The molecule has 0 saturated heterocycles. The van der Waals surface area contributed by atoms with Gasteiger partial charge < -0.3 is 14.8 Å². The van der Waals surface area contributed by atoms with Crippen molar-refractivity contribution >= 4 is 5.97 Å². The number of carboxylic acid groups (broad SMARTS) is 1. The number of carbonyl (C=O) groups is 1. The number of allylic oxidation sites excluding steroid dienone is 4. The third-order valence-electron chi connectivity index (χ3n) is 3.79. The van der Waals surface area contributed by atoms with Crippen LogP contribution in [0.5, 0.6) is 0 Å². The number of carbonyl (C=O) groups excluding carboxylic acids is 1. The fraction of sp³-hybridized carbons (Fsp3) is 0.737. The van der Waals surface area contributed by atoms with Crippen molar-refractivity contribution in [1.29, 1.82) is 0 Å². The molecule has 0 spiro atoms. The number of unbranched alkanes of at least 4 members (excludes halogenated alkanes) is 6. The molecule has 0 aromatic carbocycles. The molecule has 0 aliphatic heterocycles. The third-order valence-corrected chi connectivity index (χ3v) is 3.79. The second kappa shape index (κ2) is 20.6. The Bertz CT molecular complexity index is 294. The Hall–Kier alpha value is 0.546. The fourth-order valence-corrected chi connectivity index (χ4v) is 2.47. The summed E-state index contributed by atoms with van der Waals surface area (Å²) in [5, 5.41) is 10.6. The Morgan fingerprint density at radius 1 is 0.826 bits per heavy atom. The van der Waals surface area contributed by atoms with Gasteiger partial charge in [0, 0.05) is 12.5 Å². The van der Waals surface area contributed by atoms with Gasteiger partial charge in [0.15, 0.2) is 0 Å². The maximum absolute atomic E-state index is 10.6. The Kier molecular flexibility index (Phi) is 23.1. The van der Waals surface area contributed by atoms with Crippen molar-refractivity contribution in [2.24, 2.45) is 0 Å². The van der Waals surface area contributed by atoms with Crippen molar-refractivity contribution in [3.63, 3.8) is 0 Å². The molecule has 0 aliphatic carbocycles. The monoisotopic (exact) mass is 347 g/mol. The first-order valence-corrected chi connectivity index (χ1v) is 8.85. The average Bonchev–Trinajstić information content (AvgIpc) is 2.50. The van der Waals surface area contributed by atoms with Crippen molar-refractivity contribution < 1.29 is 61.3 Å². The zero-order valence-electron chi connectivity index (χ0n) is 15.6. The van der Waals surface area contributed by atoms with Gasteiger partial charge in [-0.15, -0.1) is 0 Å². The molecule has 0 fully saturated rings. The van der Waals surface area contributed by atoms with Gasteiger partial charge >= 0.3 is 51.4 Å². The largest absolute Gasteiger partial charge is 1.00 e. The molecule has 4 heteroatoms. The Morgan fingerprint density at radius 3 is 1.70 bits per heavy atom. The molecule has 0 aromatic heterocycles. The van der Waals surface area contributed by atoms with E-state index in [0.29, 0.717) is 6.54 Å². The van der Waals surface area contributed by atoms with Gasteiger partial charge in [0.25, 0.3) is 0 Å². The van der Waals surface area contributed by atoms with E-state index in [2.05, 4.69) is 43.1 Å². The van der Waals surface area contributed by atoms with E-state index in [1.54, 1.807) is 0 Å². The van der Waals surface area contributed by atoms with Crippen molar-refractivity contribution in [3.8, 4) is 0 Å². The Balaban J connectivity index is 0. The summed E-state index contributed by atoms with van der Waals surface area (Å²) in [4.78, 5) is 12.9. The standard InChI is InChI=1S/C19H35NO2.K/c1-3-5-7-9-11-13-16-20(18-15-19(21)22)17-14-12-10-8-6-4-2;/h3-6H,7-18H2,1-2H3,(H,21,22);/q;+1/p-1/b5-3+,6-4+;. The van der Waals surface area contributed by atoms with Gasteiger partial charge in [-0.25, -0.2) is 0 Å². The SMILES string of the molecule is C/C=C/CCCCCN(CCCCC/C=C/C)CCC(=O)[O-].[K+]. The normalized spacial score (nSPS) is 11.4. The van der Waals surface area contributed by atoms with Gasteiger partial charge in [0.1, 0.15) is 0 Å². The van der Waals surface area contributed by atoms with Crippen LogP contribution in [0.1, 0.15) is 71.6 Å². The summed E-state index contributed by atoms with van der Waals surface area (Å²) in [6.45, 7) is 6.76. The molecule has 3 nitrogen and oxygen atoms in total. The van der Waals surface area contributed by atoms with Crippen molar-refractivity contribution in [2.45, 2.75) is 71.6 Å². The molecule has 0 radical (unpaired) electrons. The first kappa shape index (κ1) is 25.8. The number of hydrogen-bond acceptors (Lipinski definition) is 3. The molecule has 128 valence electrons. The zero-order chi connectivity index (χ0) is 16.5. The minimum atomic E-state index is -0.939. The van der Waals surface area contributed by atoms with E-state index in [1.807, 2.05) is 0 Å². The first-order chi connectivity index (χ1) is 10.7. The second-order valence-corrected chi connectivity index (χ2v) is 5.80. The average molecular weight is 348 g/mol. The van der Waals surface area contributed by atoms with Gasteiger partial charge in [0.2, 0.25) is 0 Å². The number of aliphatic carboxylic acids is 1. The summed E-state index contributed by atoms with van der Waals surface area (Å²) in [5.41, 5.74) is 0. The fourth-order valence-electron chi connectivity index (χ4n) is 2.47. The molecule has 0 unspecified atom stereocenters. The molecule has 23 heavy (non-hydrogen) atoms. The van der Waals surface area contributed by atoms with Crippen LogP contribution in [0.4, 0.5) is 0 Å². The van der Waals surface area contributed by atoms with Crippen LogP contribution in [-0.2, 0) is 4.79 Å². The smallest absolute Gasteiger partial charge is 0.550 e. The van der Waals surface area contributed by atoms with Crippen LogP contribution in [0.3, 0.4) is 0 Å². The van der Waals surface area contributed by atoms with Gasteiger partial charge in [-0.3, -0.25) is 0 Å². The summed E-state index contributed by atoms with van der Waals surface area (Å²) in [7, 11) is 0.